The maximum atomic E-state index is 12.0. The Kier molecular flexibility index (Phi) is 6.04. The number of carbonyl (C=O) groups is 1. The summed E-state index contributed by atoms with van der Waals surface area (Å²) >= 11 is 0. The topological polar surface area (TPSA) is 71.2 Å². The molecule has 0 amide bonds. The molecule has 1 aliphatic heterocycles. The van der Waals surface area contributed by atoms with E-state index in [4.69, 9.17) is 4.98 Å². The Morgan fingerprint density at radius 2 is 1.94 bits per heavy atom. The van der Waals surface area contributed by atoms with E-state index in [0.29, 0.717) is 6.54 Å². The predicted octanol–water partition coefficient (Wildman–Crippen LogP) is 4.01. The van der Waals surface area contributed by atoms with Crippen LogP contribution in [0.3, 0.4) is 0 Å². The molecule has 6 heteroatoms. The Bertz CT molecular complexity index is 1080. The van der Waals surface area contributed by atoms with Gasteiger partial charge < -0.3 is 5.11 Å². The van der Waals surface area contributed by atoms with Crippen molar-refractivity contribution in [2.24, 2.45) is 0 Å². The molecule has 5 rings (SSSR count). The number of aliphatic carboxylic acids is 1. The van der Waals surface area contributed by atoms with Crippen molar-refractivity contribution in [3.8, 4) is 0 Å². The zero-order valence-corrected chi connectivity index (χ0v) is 18.4. The lowest BCUT2D eigenvalue weighted by molar-refractivity contribution is -0.143. The van der Waals surface area contributed by atoms with Gasteiger partial charge in [0.05, 0.1) is 12.2 Å². The van der Waals surface area contributed by atoms with E-state index >= 15 is 0 Å². The number of carboxylic acid groups (broad SMARTS) is 1. The van der Waals surface area contributed by atoms with Crippen molar-refractivity contribution in [1.82, 2.24) is 19.7 Å². The summed E-state index contributed by atoms with van der Waals surface area (Å²) in [6.07, 6.45) is 11.6. The van der Waals surface area contributed by atoms with Crippen LogP contribution in [0.25, 0.3) is 0 Å². The molecule has 1 N–H and O–H groups in total. The maximum Gasteiger partial charge on any atom is 0.325 e. The highest BCUT2D eigenvalue weighted by atomic mass is 16.4. The van der Waals surface area contributed by atoms with E-state index in [9.17, 15) is 9.90 Å². The fourth-order valence-corrected chi connectivity index (χ4v) is 5.11. The number of rotatable bonds is 7. The molecule has 32 heavy (non-hydrogen) atoms. The molecule has 0 spiro atoms. The highest BCUT2D eigenvalue weighted by Crippen LogP contribution is 2.30. The summed E-state index contributed by atoms with van der Waals surface area (Å²) in [5, 5.41) is 14.4. The molecule has 1 saturated heterocycles. The summed E-state index contributed by atoms with van der Waals surface area (Å²) in [6, 6.07) is 13.5. The zero-order valence-electron chi connectivity index (χ0n) is 18.4. The van der Waals surface area contributed by atoms with Crippen LogP contribution in [0.4, 0.5) is 0 Å². The number of hydrogen-bond acceptors (Lipinski definition) is 4. The molecule has 0 saturated carbocycles. The monoisotopic (exact) mass is 430 g/mol. The second-order valence-corrected chi connectivity index (χ2v) is 9.03. The number of aryl methyl sites for hydroxylation is 4. The molecule has 1 aromatic carbocycles. The minimum absolute atomic E-state index is 0.205. The lowest BCUT2D eigenvalue weighted by atomic mass is 9.95. The first kappa shape index (κ1) is 20.9. The third-order valence-corrected chi connectivity index (χ3v) is 6.84. The Morgan fingerprint density at radius 3 is 2.78 bits per heavy atom. The van der Waals surface area contributed by atoms with Crippen LogP contribution < -0.4 is 0 Å². The number of aromatic nitrogens is 3. The lowest BCUT2D eigenvalue weighted by Gasteiger charge is -2.24. The van der Waals surface area contributed by atoms with Crippen molar-refractivity contribution in [3.63, 3.8) is 0 Å². The fourth-order valence-electron chi connectivity index (χ4n) is 5.11. The molecule has 1 aliphatic carbocycles. The van der Waals surface area contributed by atoms with Crippen LogP contribution in [-0.4, -0.2) is 43.8 Å². The molecule has 2 atom stereocenters. The van der Waals surface area contributed by atoms with E-state index in [1.165, 1.54) is 36.1 Å². The summed E-state index contributed by atoms with van der Waals surface area (Å²) in [5.74, 6) is -0.796. The zero-order chi connectivity index (χ0) is 21.9. The fraction of sp³-hybridized carbons (Fsp3) is 0.423. The molecule has 6 nitrogen and oxygen atoms in total. The van der Waals surface area contributed by atoms with Gasteiger partial charge in [0.25, 0.3) is 0 Å². The largest absolute Gasteiger partial charge is 0.480 e. The van der Waals surface area contributed by atoms with Gasteiger partial charge in [-0.05, 0) is 67.7 Å². The summed E-state index contributed by atoms with van der Waals surface area (Å²) in [6.45, 7) is 1.45. The minimum atomic E-state index is -0.796. The molecule has 0 bridgehead atoms. The Labute approximate surface area is 188 Å². The molecular weight excluding hydrogens is 400 g/mol. The number of nitrogens with zero attached hydrogens (tertiary/aromatic N) is 4. The lowest BCUT2D eigenvalue weighted by Crippen LogP contribution is -2.32. The van der Waals surface area contributed by atoms with Crippen molar-refractivity contribution in [1.29, 1.82) is 0 Å². The normalized spacial score (nSPS) is 19.6. The van der Waals surface area contributed by atoms with Crippen LogP contribution in [0.15, 0.2) is 54.9 Å². The summed E-state index contributed by atoms with van der Waals surface area (Å²) in [7, 11) is 0. The van der Waals surface area contributed by atoms with Crippen LogP contribution in [0.1, 0.15) is 59.4 Å². The first-order valence-electron chi connectivity index (χ1n) is 11.7. The SMILES string of the molecule is O=C(O)C(c1ccccc1)N1CC[C@@H](n2cc(CCc3ccc4c(n3)CCCC4)cn2)C1. The van der Waals surface area contributed by atoms with Crippen LogP contribution in [-0.2, 0) is 30.5 Å². The van der Waals surface area contributed by atoms with Crippen molar-refractivity contribution in [2.45, 2.75) is 57.0 Å². The number of hydrogen-bond donors (Lipinski definition) is 1. The predicted molar refractivity (Wildman–Crippen MR) is 123 cm³/mol. The van der Waals surface area contributed by atoms with E-state index in [1.54, 1.807) is 0 Å². The first-order valence-corrected chi connectivity index (χ1v) is 11.7. The van der Waals surface area contributed by atoms with Gasteiger partial charge >= 0.3 is 5.97 Å². The van der Waals surface area contributed by atoms with E-state index in [2.05, 4.69) is 28.3 Å². The van der Waals surface area contributed by atoms with Gasteiger partial charge in [0.2, 0.25) is 0 Å². The third-order valence-electron chi connectivity index (χ3n) is 6.84. The minimum Gasteiger partial charge on any atom is -0.480 e. The Balaban J connectivity index is 1.21. The van der Waals surface area contributed by atoms with E-state index < -0.39 is 12.0 Å². The van der Waals surface area contributed by atoms with Gasteiger partial charge in [-0.25, -0.2) is 0 Å². The van der Waals surface area contributed by atoms with Crippen LogP contribution in [0, 0.1) is 0 Å². The molecule has 166 valence electrons. The van der Waals surface area contributed by atoms with Gasteiger partial charge in [0.15, 0.2) is 0 Å². The second kappa shape index (κ2) is 9.25. The molecule has 3 heterocycles. The van der Waals surface area contributed by atoms with E-state index in [1.807, 2.05) is 41.2 Å². The highest BCUT2D eigenvalue weighted by Gasteiger charge is 2.34. The molecule has 0 radical (unpaired) electrons. The number of carboxylic acids is 1. The van der Waals surface area contributed by atoms with E-state index in [-0.39, 0.29) is 6.04 Å². The third kappa shape index (κ3) is 4.46. The average Bonchev–Trinajstić information content (AvgIpc) is 3.48. The molecule has 2 aliphatic rings. The van der Waals surface area contributed by atoms with Gasteiger partial charge in [-0.15, -0.1) is 0 Å². The molecule has 3 aromatic rings. The molecular formula is C26H30N4O2. The van der Waals surface area contributed by atoms with Crippen LogP contribution >= 0.6 is 0 Å². The van der Waals surface area contributed by atoms with Crippen molar-refractivity contribution in [3.05, 3.63) is 82.9 Å². The van der Waals surface area contributed by atoms with Crippen molar-refractivity contribution >= 4 is 5.97 Å². The Morgan fingerprint density at radius 1 is 1.09 bits per heavy atom. The molecule has 2 aromatic heterocycles. The molecule has 1 unspecified atom stereocenters. The van der Waals surface area contributed by atoms with Gasteiger partial charge in [0.1, 0.15) is 6.04 Å². The van der Waals surface area contributed by atoms with Crippen molar-refractivity contribution in [2.75, 3.05) is 13.1 Å². The highest BCUT2D eigenvalue weighted by molar-refractivity contribution is 5.75. The average molecular weight is 431 g/mol. The number of pyridine rings is 1. The summed E-state index contributed by atoms with van der Waals surface area (Å²) in [5.41, 5.74) is 5.92. The van der Waals surface area contributed by atoms with Gasteiger partial charge in [0, 0.05) is 30.7 Å². The van der Waals surface area contributed by atoms with E-state index in [0.717, 1.165) is 43.5 Å². The Hall–Kier alpha value is -2.99. The van der Waals surface area contributed by atoms with Gasteiger partial charge in [-0.3, -0.25) is 19.4 Å². The van der Waals surface area contributed by atoms with Gasteiger partial charge in [-0.2, -0.15) is 5.10 Å². The number of benzene rings is 1. The smallest absolute Gasteiger partial charge is 0.325 e. The van der Waals surface area contributed by atoms with Crippen LogP contribution in [0.2, 0.25) is 0 Å². The second-order valence-electron chi connectivity index (χ2n) is 9.03. The van der Waals surface area contributed by atoms with Crippen LogP contribution in [0.5, 0.6) is 0 Å². The van der Waals surface area contributed by atoms with Crippen molar-refractivity contribution < 1.29 is 9.90 Å². The van der Waals surface area contributed by atoms with Gasteiger partial charge in [-0.1, -0.05) is 36.4 Å². The number of fused-ring (bicyclic) bond motifs is 1. The maximum absolute atomic E-state index is 12.0. The number of likely N-dealkylation sites (tertiary alicyclic amines) is 1. The molecule has 1 fully saturated rings. The quantitative estimate of drug-likeness (QED) is 0.613. The summed E-state index contributed by atoms with van der Waals surface area (Å²) in [4.78, 5) is 18.9. The summed E-state index contributed by atoms with van der Waals surface area (Å²) < 4.78 is 2.03. The standard InChI is InChI=1S/C26H30N4O2/c31-26(32)25(21-7-2-1-3-8-21)29-15-14-23(18-29)30-17-19(16-27-30)10-12-22-13-11-20-6-4-5-9-24(20)28-22/h1-3,7-8,11,13,16-17,23,25H,4-6,9-10,12,14-15,18H2,(H,31,32)/t23-,25?/m1/s1. The first-order chi connectivity index (χ1) is 15.7.